The normalized spacial score (nSPS) is 12.0. The predicted octanol–water partition coefficient (Wildman–Crippen LogP) is 9.63. The predicted molar refractivity (Wildman–Crippen MR) is 142 cm³/mol. The molecule has 1 aliphatic rings. The van der Waals surface area contributed by atoms with Gasteiger partial charge in [0.05, 0.1) is 4.88 Å². The molecule has 0 spiro atoms. The van der Waals surface area contributed by atoms with E-state index in [4.69, 9.17) is 9.47 Å². The van der Waals surface area contributed by atoms with Gasteiger partial charge in [-0.25, -0.2) is 0 Å². The fourth-order valence-corrected chi connectivity index (χ4v) is 7.18. The summed E-state index contributed by atoms with van der Waals surface area (Å²) in [6.07, 6.45) is 6.12. The fourth-order valence-electron chi connectivity index (χ4n) is 3.56. The van der Waals surface area contributed by atoms with Crippen molar-refractivity contribution in [2.45, 2.75) is 80.6 Å². The third-order valence-electron chi connectivity index (χ3n) is 4.93. The van der Waals surface area contributed by atoms with Crippen LogP contribution in [0.15, 0.2) is 16.8 Å². The molecule has 0 fully saturated rings. The van der Waals surface area contributed by atoms with Crippen LogP contribution in [0.4, 0.5) is 0 Å². The van der Waals surface area contributed by atoms with E-state index in [-0.39, 0.29) is 0 Å². The molecule has 0 unspecified atom stereocenters. The zero-order valence-electron chi connectivity index (χ0n) is 20.2. The summed E-state index contributed by atoms with van der Waals surface area (Å²) in [7, 11) is 0. The van der Waals surface area contributed by atoms with Gasteiger partial charge >= 0.3 is 0 Å². The van der Waals surface area contributed by atoms with Crippen molar-refractivity contribution in [3.8, 4) is 31.0 Å². The quantitative estimate of drug-likeness (QED) is 0.336. The summed E-state index contributed by atoms with van der Waals surface area (Å²) in [5.41, 5.74) is 4.52. The maximum Gasteiger partial charge on any atom is 0.180 e. The van der Waals surface area contributed by atoms with Crippen LogP contribution in [0.5, 0.6) is 11.5 Å². The standard InChI is InChI=1S/C22H26O2S3.2C2H6/c1-4-6-8-15-12-25-21(16(15)7-5-2)20-14(3)11-18(27-20)22-19-17(13-26-22)23-9-10-24-19;2*1-2/h11-13H,4-10H2,1-3H3;2*1-2H3. The Bertz CT molecular complexity index is 917. The Kier molecular flexibility index (Phi) is 11.1. The molecule has 2 nitrogen and oxygen atoms in total. The van der Waals surface area contributed by atoms with Gasteiger partial charge in [0, 0.05) is 20.0 Å². The summed E-state index contributed by atoms with van der Waals surface area (Å²) in [6, 6.07) is 2.32. The molecule has 0 saturated carbocycles. The Labute approximate surface area is 201 Å². The summed E-state index contributed by atoms with van der Waals surface area (Å²) in [5, 5.41) is 4.48. The van der Waals surface area contributed by atoms with E-state index in [1.165, 1.54) is 57.2 Å². The van der Waals surface area contributed by atoms with Crippen LogP contribution in [0.3, 0.4) is 0 Å². The van der Waals surface area contributed by atoms with Crippen LogP contribution < -0.4 is 9.47 Å². The number of hydrogen-bond acceptors (Lipinski definition) is 5. The van der Waals surface area contributed by atoms with Gasteiger partial charge in [-0.1, -0.05) is 54.4 Å². The Morgan fingerprint density at radius 1 is 0.839 bits per heavy atom. The number of ether oxygens (including phenoxy) is 2. The molecule has 0 atom stereocenters. The fraction of sp³-hybridized carbons (Fsp3) is 0.538. The number of fused-ring (bicyclic) bond motifs is 1. The molecule has 0 bridgehead atoms. The molecule has 4 heterocycles. The zero-order chi connectivity index (χ0) is 22.8. The lowest BCUT2D eigenvalue weighted by Gasteiger charge is -2.15. The van der Waals surface area contributed by atoms with E-state index in [1.807, 2.05) is 50.4 Å². The summed E-state index contributed by atoms with van der Waals surface area (Å²) in [6.45, 7) is 16.1. The third kappa shape index (κ3) is 5.94. The van der Waals surface area contributed by atoms with Crippen molar-refractivity contribution in [3.05, 3.63) is 33.5 Å². The van der Waals surface area contributed by atoms with Crippen LogP contribution in [0.1, 0.15) is 77.5 Å². The highest BCUT2D eigenvalue weighted by molar-refractivity contribution is 7.26. The third-order valence-corrected chi connectivity index (χ3v) is 8.52. The van der Waals surface area contributed by atoms with Gasteiger partial charge in [0.2, 0.25) is 0 Å². The first kappa shape index (κ1) is 26.0. The maximum absolute atomic E-state index is 5.91. The van der Waals surface area contributed by atoms with E-state index in [2.05, 4.69) is 37.6 Å². The highest BCUT2D eigenvalue weighted by Gasteiger charge is 2.23. The molecule has 0 saturated heterocycles. The Balaban J connectivity index is 0.000000807. The van der Waals surface area contributed by atoms with Gasteiger partial charge < -0.3 is 9.47 Å². The van der Waals surface area contributed by atoms with Crippen molar-refractivity contribution < 1.29 is 9.47 Å². The van der Waals surface area contributed by atoms with E-state index >= 15 is 0 Å². The van der Waals surface area contributed by atoms with Crippen molar-refractivity contribution in [1.82, 2.24) is 0 Å². The van der Waals surface area contributed by atoms with E-state index in [0.717, 1.165) is 11.5 Å². The molecule has 0 radical (unpaired) electrons. The molecule has 0 aromatic carbocycles. The average Bonchev–Trinajstić information content (AvgIpc) is 3.52. The summed E-state index contributed by atoms with van der Waals surface area (Å²) < 4.78 is 11.6. The lowest BCUT2D eigenvalue weighted by molar-refractivity contribution is 0.174. The summed E-state index contributed by atoms with van der Waals surface area (Å²) in [5.74, 6) is 1.83. The zero-order valence-corrected chi connectivity index (χ0v) is 22.7. The van der Waals surface area contributed by atoms with Crippen molar-refractivity contribution >= 4 is 34.0 Å². The minimum Gasteiger partial charge on any atom is -0.485 e. The first-order valence-corrected chi connectivity index (χ1v) is 14.4. The number of aryl methyl sites for hydroxylation is 2. The Morgan fingerprint density at radius 3 is 2.26 bits per heavy atom. The Hall–Kier alpha value is -1.30. The van der Waals surface area contributed by atoms with E-state index in [9.17, 15) is 0 Å². The average molecular weight is 479 g/mol. The van der Waals surface area contributed by atoms with Crippen LogP contribution >= 0.6 is 34.0 Å². The second-order valence-corrected chi connectivity index (χ2v) is 9.81. The molecule has 0 N–H and O–H groups in total. The van der Waals surface area contributed by atoms with Crippen LogP contribution in [-0.4, -0.2) is 13.2 Å². The summed E-state index contributed by atoms with van der Waals surface area (Å²) in [4.78, 5) is 5.42. The smallest absolute Gasteiger partial charge is 0.180 e. The number of thiophene rings is 3. The lowest BCUT2D eigenvalue weighted by atomic mass is 10.0. The number of rotatable bonds is 7. The molecule has 0 aliphatic carbocycles. The van der Waals surface area contributed by atoms with Crippen molar-refractivity contribution in [2.24, 2.45) is 0 Å². The topological polar surface area (TPSA) is 18.5 Å². The van der Waals surface area contributed by atoms with Crippen LogP contribution in [-0.2, 0) is 12.8 Å². The van der Waals surface area contributed by atoms with E-state index in [1.54, 1.807) is 22.5 Å². The SMILES string of the molecule is CC.CC.CCCCc1csc(-c2sc(-c3scc4c3OCCO4)cc2C)c1CCC. The van der Waals surface area contributed by atoms with Gasteiger partial charge in [-0.15, -0.1) is 34.0 Å². The molecule has 3 aromatic rings. The van der Waals surface area contributed by atoms with Crippen LogP contribution in [0.2, 0.25) is 0 Å². The van der Waals surface area contributed by atoms with Crippen molar-refractivity contribution in [1.29, 1.82) is 0 Å². The van der Waals surface area contributed by atoms with E-state index < -0.39 is 0 Å². The first-order chi connectivity index (χ1) is 15.2. The van der Waals surface area contributed by atoms with Gasteiger partial charge in [0.15, 0.2) is 11.5 Å². The second kappa shape index (κ2) is 13.3. The molecule has 0 amide bonds. The van der Waals surface area contributed by atoms with Gasteiger partial charge in [0.25, 0.3) is 0 Å². The van der Waals surface area contributed by atoms with Gasteiger partial charge in [-0.05, 0) is 54.3 Å². The minimum absolute atomic E-state index is 0.639. The van der Waals surface area contributed by atoms with Crippen LogP contribution in [0.25, 0.3) is 19.5 Å². The molecular weight excluding hydrogens is 440 g/mol. The highest BCUT2D eigenvalue weighted by atomic mass is 32.1. The van der Waals surface area contributed by atoms with Crippen molar-refractivity contribution in [2.75, 3.05) is 13.2 Å². The lowest BCUT2D eigenvalue weighted by Crippen LogP contribution is -2.14. The number of unbranched alkanes of at least 4 members (excludes halogenated alkanes) is 1. The van der Waals surface area contributed by atoms with Gasteiger partial charge in [-0.3, -0.25) is 0 Å². The number of hydrogen-bond donors (Lipinski definition) is 0. The minimum atomic E-state index is 0.639. The van der Waals surface area contributed by atoms with Crippen LogP contribution in [0, 0.1) is 6.92 Å². The highest BCUT2D eigenvalue weighted by Crippen LogP contribution is 2.50. The summed E-state index contributed by atoms with van der Waals surface area (Å²) >= 11 is 5.57. The second-order valence-electron chi connectivity index (χ2n) is 7.00. The molecule has 5 heteroatoms. The molecule has 31 heavy (non-hydrogen) atoms. The molecule has 3 aromatic heterocycles. The molecule has 4 rings (SSSR count). The first-order valence-electron chi connectivity index (χ1n) is 11.8. The molecule has 172 valence electrons. The Morgan fingerprint density at radius 2 is 1.55 bits per heavy atom. The molecule has 1 aliphatic heterocycles. The maximum atomic E-state index is 5.91. The van der Waals surface area contributed by atoms with E-state index in [0.29, 0.717) is 13.2 Å². The van der Waals surface area contributed by atoms with Crippen molar-refractivity contribution in [3.63, 3.8) is 0 Å². The van der Waals surface area contributed by atoms with Gasteiger partial charge in [0.1, 0.15) is 13.2 Å². The monoisotopic (exact) mass is 478 g/mol. The molecular formula is C26H38O2S3. The largest absolute Gasteiger partial charge is 0.485 e. The van der Waals surface area contributed by atoms with Gasteiger partial charge in [-0.2, -0.15) is 0 Å².